The standard InChI is InChI=1S/C11H14BrN3O/c12-8-4-3-7-14-10(8)15-11(16)9-5-1-2-6-13-9/h3-4,7,9,13H,1-2,5-6H2,(H,14,15,16)/t9-/m1/s1. The molecule has 16 heavy (non-hydrogen) atoms. The van der Waals surface area contributed by atoms with Gasteiger partial charge in [-0.1, -0.05) is 6.42 Å². The summed E-state index contributed by atoms with van der Waals surface area (Å²) in [5, 5.41) is 6.02. The summed E-state index contributed by atoms with van der Waals surface area (Å²) in [5.74, 6) is 0.582. The molecule has 1 aromatic heterocycles. The Hall–Kier alpha value is -0.940. The number of carbonyl (C=O) groups is 1. The average Bonchev–Trinajstić information content (AvgIpc) is 2.33. The van der Waals surface area contributed by atoms with Crippen LogP contribution in [0.5, 0.6) is 0 Å². The maximum absolute atomic E-state index is 11.9. The minimum Gasteiger partial charge on any atom is -0.308 e. The van der Waals surface area contributed by atoms with E-state index in [9.17, 15) is 4.79 Å². The van der Waals surface area contributed by atoms with E-state index in [1.807, 2.05) is 12.1 Å². The molecule has 4 nitrogen and oxygen atoms in total. The van der Waals surface area contributed by atoms with Crippen LogP contribution in [0.4, 0.5) is 5.82 Å². The van der Waals surface area contributed by atoms with E-state index >= 15 is 0 Å². The van der Waals surface area contributed by atoms with E-state index in [1.165, 1.54) is 0 Å². The van der Waals surface area contributed by atoms with E-state index < -0.39 is 0 Å². The maximum atomic E-state index is 11.9. The Kier molecular flexibility index (Phi) is 3.90. The predicted octanol–water partition coefficient (Wildman–Crippen LogP) is 1.92. The van der Waals surface area contributed by atoms with Crippen LogP contribution in [-0.2, 0) is 4.79 Å². The number of halogens is 1. The first-order valence-corrected chi connectivity index (χ1v) is 6.21. The molecule has 0 radical (unpaired) electrons. The molecule has 1 atom stereocenters. The zero-order chi connectivity index (χ0) is 11.4. The molecule has 1 aliphatic rings. The molecule has 0 spiro atoms. The smallest absolute Gasteiger partial charge is 0.242 e. The number of hydrogen-bond donors (Lipinski definition) is 2. The van der Waals surface area contributed by atoms with Gasteiger partial charge in [0.1, 0.15) is 5.82 Å². The zero-order valence-electron chi connectivity index (χ0n) is 8.87. The van der Waals surface area contributed by atoms with E-state index in [-0.39, 0.29) is 11.9 Å². The van der Waals surface area contributed by atoms with Crippen molar-refractivity contribution < 1.29 is 4.79 Å². The second-order valence-corrected chi connectivity index (χ2v) is 4.68. The molecular weight excluding hydrogens is 270 g/mol. The van der Waals surface area contributed by atoms with Crippen molar-refractivity contribution in [3.63, 3.8) is 0 Å². The van der Waals surface area contributed by atoms with E-state index in [2.05, 4.69) is 31.5 Å². The summed E-state index contributed by atoms with van der Waals surface area (Å²) in [6.45, 7) is 0.918. The third-order valence-corrected chi connectivity index (χ3v) is 3.27. The molecule has 86 valence electrons. The van der Waals surface area contributed by atoms with Crippen LogP contribution in [0.25, 0.3) is 0 Å². The molecule has 0 saturated carbocycles. The SMILES string of the molecule is O=C(Nc1ncccc1Br)[C@H]1CCCCN1. The minimum atomic E-state index is -0.0809. The van der Waals surface area contributed by atoms with Crippen molar-refractivity contribution in [3.8, 4) is 0 Å². The van der Waals surface area contributed by atoms with Crippen molar-refractivity contribution >= 4 is 27.7 Å². The normalized spacial score (nSPS) is 20.4. The summed E-state index contributed by atoms with van der Waals surface area (Å²) >= 11 is 3.35. The third-order valence-electron chi connectivity index (χ3n) is 2.63. The molecule has 2 N–H and O–H groups in total. The van der Waals surface area contributed by atoms with Crippen LogP contribution in [0.15, 0.2) is 22.8 Å². The lowest BCUT2D eigenvalue weighted by atomic mass is 10.0. The number of piperidine rings is 1. The van der Waals surface area contributed by atoms with Gasteiger partial charge in [0.25, 0.3) is 0 Å². The van der Waals surface area contributed by atoms with E-state index in [0.717, 1.165) is 30.3 Å². The van der Waals surface area contributed by atoms with Crippen molar-refractivity contribution in [2.75, 3.05) is 11.9 Å². The Morgan fingerprint density at radius 2 is 2.44 bits per heavy atom. The quantitative estimate of drug-likeness (QED) is 0.872. The van der Waals surface area contributed by atoms with Gasteiger partial charge in [-0.05, 0) is 47.4 Å². The van der Waals surface area contributed by atoms with Crippen LogP contribution < -0.4 is 10.6 Å². The summed E-state index contributed by atoms with van der Waals surface area (Å²) < 4.78 is 0.805. The largest absolute Gasteiger partial charge is 0.308 e. The summed E-state index contributed by atoms with van der Waals surface area (Å²) in [5.41, 5.74) is 0. The van der Waals surface area contributed by atoms with Crippen molar-refractivity contribution in [2.24, 2.45) is 0 Å². The lowest BCUT2D eigenvalue weighted by molar-refractivity contribution is -0.118. The molecule has 0 aromatic carbocycles. The molecule has 1 aromatic rings. The number of pyridine rings is 1. The first kappa shape index (κ1) is 11.5. The highest BCUT2D eigenvalue weighted by molar-refractivity contribution is 9.10. The van der Waals surface area contributed by atoms with Crippen LogP contribution in [0, 0.1) is 0 Å². The van der Waals surface area contributed by atoms with Gasteiger partial charge in [-0.25, -0.2) is 4.98 Å². The minimum absolute atomic E-state index is 0.000833. The fourth-order valence-corrected chi connectivity index (χ4v) is 2.11. The van der Waals surface area contributed by atoms with Gasteiger partial charge < -0.3 is 10.6 Å². The van der Waals surface area contributed by atoms with Crippen LogP contribution in [-0.4, -0.2) is 23.5 Å². The molecule has 2 heterocycles. The van der Waals surface area contributed by atoms with Crippen LogP contribution in [0.3, 0.4) is 0 Å². The molecule has 0 unspecified atom stereocenters. The predicted molar refractivity (Wildman–Crippen MR) is 66.2 cm³/mol. The zero-order valence-corrected chi connectivity index (χ0v) is 10.5. The number of nitrogens with one attached hydrogen (secondary N) is 2. The van der Waals surface area contributed by atoms with Gasteiger partial charge in [0, 0.05) is 6.20 Å². The highest BCUT2D eigenvalue weighted by atomic mass is 79.9. The Labute approximate surface area is 103 Å². The molecule has 0 aliphatic carbocycles. The van der Waals surface area contributed by atoms with Gasteiger partial charge >= 0.3 is 0 Å². The summed E-state index contributed by atoms with van der Waals surface area (Å²) in [4.78, 5) is 16.0. The Balaban J connectivity index is 1.99. The topological polar surface area (TPSA) is 54.0 Å². The Morgan fingerprint density at radius 1 is 1.56 bits per heavy atom. The average molecular weight is 284 g/mol. The summed E-state index contributed by atoms with van der Waals surface area (Å²) in [6.07, 6.45) is 4.82. The lowest BCUT2D eigenvalue weighted by Gasteiger charge is -2.22. The molecule has 1 aliphatic heterocycles. The van der Waals surface area contributed by atoms with Gasteiger partial charge in [-0.3, -0.25) is 4.79 Å². The first-order valence-electron chi connectivity index (χ1n) is 5.42. The van der Waals surface area contributed by atoms with Gasteiger partial charge in [0.05, 0.1) is 10.5 Å². The van der Waals surface area contributed by atoms with Crippen LogP contribution in [0.2, 0.25) is 0 Å². The number of aromatic nitrogens is 1. The summed E-state index contributed by atoms with van der Waals surface area (Å²) in [7, 11) is 0. The molecule has 1 fully saturated rings. The highest BCUT2D eigenvalue weighted by Gasteiger charge is 2.21. The Morgan fingerprint density at radius 3 is 3.12 bits per heavy atom. The van der Waals surface area contributed by atoms with Gasteiger partial charge in [-0.15, -0.1) is 0 Å². The molecule has 1 amide bonds. The van der Waals surface area contributed by atoms with Crippen molar-refractivity contribution in [3.05, 3.63) is 22.8 Å². The molecule has 2 rings (SSSR count). The van der Waals surface area contributed by atoms with Gasteiger partial charge in [0.15, 0.2) is 0 Å². The third kappa shape index (κ3) is 2.80. The second kappa shape index (κ2) is 5.41. The molecular formula is C11H14BrN3O. The number of carbonyl (C=O) groups excluding carboxylic acids is 1. The monoisotopic (exact) mass is 283 g/mol. The maximum Gasteiger partial charge on any atom is 0.242 e. The highest BCUT2D eigenvalue weighted by Crippen LogP contribution is 2.19. The van der Waals surface area contributed by atoms with E-state index in [0.29, 0.717) is 5.82 Å². The fraction of sp³-hybridized carbons (Fsp3) is 0.455. The number of rotatable bonds is 2. The van der Waals surface area contributed by atoms with Crippen molar-refractivity contribution in [1.82, 2.24) is 10.3 Å². The second-order valence-electron chi connectivity index (χ2n) is 3.83. The van der Waals surface area contributed by atoms with Crippen molar-refractivity contribution in [2.45, 2.75) is 25.3 Å². The van der Waals surface area contributed by atoms with Crippen LogP contribution >= 0.6 is 15.9 Å². The lowest BCUT2D eigenvalue weighted by Crippen LogP contribution is -2.43. The first-order chi connectivity index (χ1) is 7.77. The number of anilines is 1. The number of amides is 1. The van der Waals surface area contributed by atoms with Gasteiger partial charge in [0.2, 0.25) is 5.91 Å². The van der Waals surface area contributed by atoms with Crippen LogP contribution in [0.1, 0.15) is 19.3 Å². The summed E-state index contributed by atoms with van der Waals surface area (Å²) in [6, 6.07) is 3.60. The van der Waals surface area contributed by atoms with Crippen molar-refractivity contribution in [1.29, 1.82) is 0 Å². The molecule has 5 heteroatoms. The number of hydrogen-bond acceptors (Lipinski definition) is 3. The van der Waals surface area contributed by atoms with E-state index in [4.69, 9.17) is 0 Å². The van der Waals surface area contributed by atoms with Gasteiger partial charge in [-0.2, -0.15) is 0 Å². The van der Waals surface area contributed by atoms with E-state index in [1.54, 1.807) is 6.20 Å². The molecule has 1 saturated heterocycles. The fourth-order valence-electron chi connectivity index (χ4n) is 1.76. The number of nitrogens with zero attached hydrogens (tertiary/aromatic N) is 1. The molecule has 0 bridgehead atoms. The Bertz CT molecular complexity index is 377.